The number of carbonyl (C=O) groups excluding carboxylic acids is 1. The lowest BCUT2D eigenvalue weighted by molar-refractivity contribution is -0.115. The van der Waals surface area contributed by atoms with Gasteiger partial charge in [0.05, 0.1) is 6.61 Å². The van der Waals surface area contributed by atoms with Crippen molar-refractivity contribution in [1.29, 1.82) is 0 Å². The standard InChI is InChI=1S/C17H18Cl2N2O2/c1-2-23-16-5-3-14(4-6-16)20-8-7-17(22)21-15-10-12(18)9-13(19)11-15/h3-6,9-11,20H,2,7-8H2,1H3,(H,21,22). The number of hydrogen-bond donors (Lipinski definition) is 2. The molecule has 0 fully saturated rings. The number of halogens is 2. The zero-order chi connectivity index (χ0) is 16.7. The quantitative estimate of drug-likeness (QED) is 0.749. The third kappa shape index (κ3) is 6.00. The summed E-state index contributed by atoms with van der Waals surface area (Å²) < 4.78 is 5.38. The molecular weight excluding hydrogens is 335 g/mol. The monoisotopic (exact) mass is 352 g/mol. The average Bonchev–Trinajstić information content (AvgIpc) is 2.48. The van der Waals surface area contributed by atoms with Gasteiger partial charge in [0, 0.05) is 34.4 Å². The molecule has 2 aromatic rings. The van der Waals surface area contributed by atoms with Crippen molar-refractivity contribution in [3.8, 4) is 5.75 Å². The Kier molecular flexibility index (Phi) is 6.56. The molecular formula is C17H18Cl2N2O2. The molecule has 2 N–H and O–H groups in total. The fourth-order valence-corrected chi connectivity index (χ4v) is 2.53. The molecule has 0 saturated heterocycles. The summed E-state index contributed by atoms with van der Waals surface area (Å²) in [4.78, 5) is 11.9. The Morgan fingerprint density at radius 1 is 1.04 bits per heavy atom. The normalized spacial score (nSPS) is 10.2. The first kappa shape index (κ1) is 17.4. The van der Waals surface area contributed by atoms with Gasteiger partial charge in [0.2, 0.25) is 5.91 Å². The van der Waals surface area contributed by atoms with E-state index in [-0.39, 0.29) is 5.91 Å². The maximum Gasteiger partial charge on any atom is 0.226 e. The van der Waals surface area contributed by atoms with Crippen LogP contribution < -0.4 is 15.4 Å². The predicted molar refractivity (Wildman–Crippen MR) is 95.8 cm³/mol. The van der Waals surface area contributed by atoms with Crippen LogP contribution in [0.15, 0.2) is 42.5 Å². The van der Waals surface area contributed by atoms with E-state index in [0.29, 0.717) is 35.3 Å². The van der Waals surface area contributed by atoms with Gasteiger partial charge in [-0.1, -0.05) is 23.2 Å². The van der Waals surface area contributed by atoms with Crippen LogP contribution in [0.1, 0.15) is 13.3 Å². The molecule has 2 aromatic carbocycles. The van der Waals surface area contributed by atoms with E-state index in [1.165, 1.54) is 0 Å². The van der Waals surface area contributed by atoms with Crippen molar-refractivity contribution in [3.63, 3.8) is 0 Å². The highest BCUT2D eigenvalue weighted by Gasteiger charge is 2.04. The Hall–Kier alpha value is -1.91. The molecule has 0 unspecified atom stereocenters. The van der Waals surface area contributed by atoms with Crippen LogP contribution in [0, 0.1) is 0 Å². The second-order valence-corrected chi connectivity index (χ2v) is 5.71. The minimum atomic E-state index is -0.109. The lowest BCUT2D eigenvalue weighted by atomic mass is 10.2. The molecule has 0 aliphatic rings. The van der Waals surface area contributed by atoms with Crippen LogP contribution >= 0.6 is 23.2 Å². The lowest BCUT2D eigenvalue weighted by Gasteiger charge is -2.09. The second-order valence-electron chi connectivity index (χ2n) is 4.84. The molecule has 2 rings (SSSR count). The van der Waals surface area contributed by atoms with Crippen molar-refractivity contribution in [2.45, 2.75) is 13.3 Å². The first-order valence-electron chi connectivity index (χ1n) is 7.29. The summed E-state index contributed by atoms with van der Waals surface area (Å²) in [5, 5.41) is 6.93. The van der Waals surface area contributed by atoms with Crippen LogP contribution in [0.3, 0.4) is 0 Å². The fraction of sp³-hybridized carbons (Fsp3) is 0.235. The third-order valence-electron chi connectivity index (χ3n) is 2.99. The van der Waals surface area contributed by atoms with Crippen LogP contribution in [0.25, 0.3) is 0 Å². The number of nitrogens with one attached hydrogen (secondary N) is 2. The van der Waals surface area contributed by atoms with E-state index in [1.54, 1.807) is 18.2 Å². The summed E-state index contributed by atoms with van der Waals surface area (Å²) in [7, 11) is 0. The minimum Gasteiger partial charge on any atom is -0.494 e. The van der Waals surface area contributed by atoms with Gasteiger partial charge in [-0.05, 0) is 49.4 Å². The highest BCUT2D eigenvalue weighted by atomic mass is 35.5. The number of carbonyl (C=O) groups is 1. The first-order chi connectivity index (χ1) is 11.1. The number of hydrogen-bond acceptors (Lipinski definition) is 3. The molecule has 0 bridgehead atoms. The molecule has 6 heteroatoms. The van der Waals surface area contributed by atoms with Gasteiger partial charge >= 0.3 is 0 Å². The smallest absolute Gasteiger partial charge is 0.226 e. The predicted octanol–water partition coefficient (Wildman–Crippen LogP) is 4.83. The molecule has 0 aromatic heterocycles. The van der Waals surface area contributed by atoms with Crippen LogP contribution in [-0.2, 0) is 4.79 Å². The Labute approximate surface area is 145 Å². The average molecular weight is 353 g/mol. The molecule has 0 aliphatic heterocycles. The Morgan fingerprint density at radius 3 is 2.30 bits per heavy atom. The molecule has 0 saturated carbocycles. The molecule has 0 aliphatic carbocycles. The molecule has 1 amide bonds. The molecule has 23 heavy (non-hydrogen) atoms. The number of rotatable bonds is 7. The van der Waals surface area contributed by atoms with Gasteiger partial charge in [0.25, 0.3) is 0 Å². The largest absolute Gasteiger partial charge is 0.494 e. The van der Waals surface area contributed by atoms with Crippen LogP contribution in [-0.4, -0.2) is 19.1 Å². The van der Waals surface area contributed by atoms with E-state index in [9.17, 15) is 4.79 Å². The third-order valence-corrected chi connectivity index (χ3v) is 3.43. The maximum absolute atomic E-state index is 11.9. The SMILES string of the molecule is CCOc1ccc(NCCC(=O)Nc2cc(Cl)cc(Cl)c2)cc1. The van der Waals surface area contributed by atoms with E-state index >= 15 is 0 Å². The van der Waals surface area contributed by atoms with Gasteiger partial charge in [-0.2, -0.15) is 0 Å². The van der Waals surface area contributed by atoms with Crippen molar-refractivity contribution in [2.75, 3.05) is 23.8 Å². The summed E-state index contributed by atoms with van der Waals surface area (Å²) in [6.07, 6.45) is 0.331. The molecule has 0 atom stereocenters. The molecule has 0 heterocycles. The van der Waals surface area contributed by atoms with E-state index in [1.807, 2.05) is 31.2 Å². The van der Waals surface area contributed by atoms with E-state index in [4.69, 9.17) is 27.9 Å². The van der Waals surface area contributed by atoms with Gasteiger partial charge < -0.3 is 15.4 Å². The van der Waals surface area contributed by atoms with E-state index in [0.717, 1.165) is 11.4 Å². The number of benzene rings is 2. The van der Waals surface area contributed by atoms with Gasteiger partial charge in [-0.15, -0.1) is 0 Å². The van der Waals surface area contributed by atoms with Crippen LogP contribution in [0.2, 0.25) is 10.0 Å². The van der Waals surface area contributed by atoms with E-state index in [2.05, 4.69) is 10.6 Å². The molecule has 122 valence electrons. The van der Waals surface area contributed by atoms with Crippen molar-refractivity contribution in [1.82, 2.24) is 0 Å². The van der Waals surface area contributed by atoms with Crippen LogP contribution in [0.4, 0.5) is 11.4 Å². The summed E-state index contributed by atoms with van der Waals surface area (Å²) in [5.41, 5.74) is 1.53. The first-order valence-corrected chi connectivity index (χ1v) is 8.05. The Balaban J connectivity index is 1.78. The van der Waals surface area contributed by atoms with Gasteiger partial charge in [0.15, 0.2) is 0 Å². The number of anilines is 2. The zero-order valence-electron chi connectivity index (χ0n) is 12.7. The van der Waals surface area contributed by atoms with Gasteiger partial charge in [-0.3, -0.25) is 4.79 Å². The minimum absolute atomic E-state index is 0.109. The van der Waals surface area contributed by atoms with Crippen molar-refractivity contribution < 1.29 is 9.53 Å². The van der Waals surface area contributed by atoms with E-state index < -0.39 is 0 Å². The number of amides is 1. The number of ether oxygens (including phenoxy) is 1. The van der Waals surface area contributed by atoms with Crippen molar-refractivity contribution in [2.24, 2.45) is 0 Å². The topological polar surface area (TPSA) is 50.4 Å². The summed E-state index contributed by atoms with van der Waals surface area (Å²) >= 11 is 11.8. The van der Waals surface area contributed by atoms with Gasteiger partial charge in [0.1, 0.15) is 5.75 Å². The fourth-order valence-electron chi connectivity index (χ4n) is 2.01. The van der Waals surface area contributed by atoms with Crippen molar-refractivity contribution >= 4 is 40.5 Å². The molecule has 0 spiro atoms. The molecule has 0 radical (unpaired) electrons. The maximum atomic E-state index is 11.9. The van der Waals surface area contributed by atoms with Gasteiger partial charge in [-0.25, -0.2) is 0 Å². The van der Waals surface area contributed by atoms with Crippen LogP contribution in [0.5, 0.6) is 5.75 Å². The zero-order valence-corrected chi connectivity index (χ0v) is 14.2. The Bertz CT molecular complexity index is 640. The van der Waals surface area contributed by atoms with Crippen molar-refractivity contribution in [3.05, 3.63) is 52.5 Å². The second kappa shape index (κ2) is 8.65. The molecule has 4 nitrogen and oxygen atoms in total. The summed E-state index contributed by atoms with van der Waals surface area (Å²) in [5.74, 6) is 0.718. The Morgan fingerprint density at radius 2 is 1.70 bits per heavy atom. The lowest BCUT2D eigenvalue weighted by Crippen LogP contribution is -2.16. The summed E-state index contributed by atoms with van der Waals surface area (Å²) in [6.45, 7) is 3.10. The highest BCUT2D eigenvalue weighted by molar-refractivity contribution is 6.35. The summed E-state index contributed by atoms with van der Waals surface area (Å²) in [6, 6.07) is 12.5. The highest BCUT2D eigenvalue weighted by Crippen LogP contribution is 2.22.